The average Bonchev–Trinajstić information content (AvgIpc) is 3.14. The summed E-state index contributed by atoms with van der Waals surface area (Å²) in [6.45, 7) is 2.19. The first kappa shape index (κ1) is 14.0. The van der Waals surface area contributed by atoms with Crippen LogP contribution in [0.4, 0.5) is 17.6 Å². The van der Waals surface area contributed by atoms with Crippen molar-refractivity contribution in [1.82, 2.24) is 25.3 Å². The van der Waals surface area contributed by atoms with E-state index < -0.39 is 0 Å². The van der Waals surface area contributed by atoms with E-state index in [0.717, 1.165) is 5.69 Å². The second kappa shape index (κ2) is 6.22. The molecule has 0 fully saturated rings. The fourth-order valence-corrected chi connectivity index (χ4v) is 1.83. The van der Waals surface area contributed by atoms with Crippen molar-refractivity contribution in [2.75, 3.05) is 10.6 Å². The van der Waals surface area contributed by atoms with Crippen LogP contribution in [0.2, 0.25) is 0 Å². The van der Waals surface area contributed by atoms with Crippen molar-refractivity contribution in [2.45, 2.75) is 20.1 Å². The molecule has 0 bridgehead atoms. The lowest BCUT2D eigenvalue weighted by Crippen LogP contribution is -2.04. The van der Waals surface area contributed by atoms with Gasteiger partial charge in [-0.25, -0.2) is 4.98 Å². The molecule has 3 aromatic rings. The van der Waals surface area contributed by atoms with Crippen molar-refractivity contribution in [1.29, 1.82) is 0 Å². The molecular weight excluding hydrogens is 286 g/mol. The molecule has 0 saturated heterocycles. The maximum absolute atomic E-state index is 8.98. The summed E-state index contributed by atoms with van der Waals surface area (Å²) < 4.78 is 5.11. The van der Waals surface area contributed by atoms with Crippen LogP contribution in [-0.4, -0.2) is 30.4 Å². The molecule has 0 saturated carbocycles. The molecule has 0 atom stereocenters. The number of hydrogen-bond acceptors (Lipinski definition) is 8. The summed E-state index contributed by atoms with van der Waals surface area (Å²) in [4.78, 5) is 8.45. The highest BCUT2D eigenvalue weighted by Crippen LogP contribution is 2.14. The predicted octanol–water partition coefficient (Wildman–Crippen LogP) is 1.34. The van der Waals surface area contributed by atoms with Gasteiger partial charge in [0.05, 0.1) is 24.5 Å². The van der Waals surface area contributed by atoms with E-state index >= 15 is 0 Å². The first-order chi connectivity index (χ1) is 10.7. The van der Waals surface area contributed by atoms with E-state index in [2.05, 4.69) is 36.0 Å². The van der Waals surface area contributed by atoms with Gasteiger partial charge >= 0.3 is 0 Å². The molecule has 4 N–H and O–H groups in total. The molecular formula is C13H15N7O2. The fraction of sp³-hybridized carbons (Fsp3) is 0.231. The lowest BCUT2D eigenvalue weighted by atomic mass is 10.4. The molecule has 0 spiro atoms. The summed E-state index contributed by atoms with van der Waals surface area (Å²) in [5.41, 5.74) is 1.38. The molecule has 3 rings (SSSR count). The normalized spacial score (nSPS) is 10.6. The summed E-state index contributed by atoms with van der Waals surface area (Å²) in [6.07, 6.45) is 1.63. The van der Waals surface area contributed by atoms with E-state index in [0.29, 0.717) is 35.6 Å². The van der Waals surface area contributed by atoms with Crippen molar-refractivity contribution in [3.05, 3.63) is 41.5 Å². The molecule has 22 heavy (non-hydrogen) atoms. The maximum Gasteiger partial charge on any atom is 0.224 e. The second-order valence-corrected chi connectivity index (χ2v) is 4.61. The third-order valence-electron chi connectivity index (χ3n) is 2.81. The molecule has 0 aliphatic carbocycles. The minimum absolute atomic E-state index is 0.120. The third-order valence-corrected chi connectivity index (χ3v) is 2.81. The zero-order chi connectivity index (χ0) is 15.4. The van der Waals surface area contributed by atoms with Gasteiger partial charge < -0.3 is 20.3 Å². The van der Waals surface area contributed by atoms with Gasteiger partial charge in [-0.1, -0.05) is 5.16 Å². The van der Waals surface area contributed by atoms with E-state index in [1.165, 1.54) is 0 Å². The number of H-pyrrole nitrogens is 1. The number of nitrogens with zero attached hydrogens (tertiary/aromatic N) is 4. The number of aliphatic hydroxyl groups is 1. The van der Waals surface area contributed by atoms with Crippen molar-refractivity contribution in [3.63, 3.8) is 0 Å². The molecule has 9 heteroatoms. The average molecular weight is 301 g/mol. The van der Waals surface area contributed by atoms with E-state index in [9.17, 15) is 0 Å². The van der Waals surface area contributed by atoms with Gasteiger partial charge in [-0.3, -0.25) is 5.10 Å². The molecule has 0 unspecified atom stereocenters. The molecule has 3 aromatic heterocycles. The Kier molecular flexibility index (Phi) is 3.97. The first-order valence-corrected chi connectivity index (χ1v) is 6.64. The van der Waals surface area contributed by atoms with Crippen LogP contribution in [0.25, 0.3) is 0 Å². The quantitative estimate of drug-likeness (QED) is 0.537. The predicted molar refractivity (Wildman–Crippen MR) is 78.4 cm³/mol. The van der Waals surface area contributed by atoms with Crippen LogP contribution in [0.15, 0.2) is 28.9 Å². The molecule has 0 radical (unpaired) electrons. The van der Waals surface area contributed by atoms with E-state index in [-0.39, 0.29) is 6.61 Å². The third kappa shape index (κ3) is 3.38. The maximum atomic E-state index is 8.98. The number of aromatic nitrogens is 5. The number of rotatable bonds is 6. The zero-order valence-corrected chi connectivity index (χ0v) is 11.9. The standard InChI is InChI=1S/C13H15N7O2/c1-8-4-10(22-20-8)6-15-13-14-3-2-11(17-13)16-12-5-9(7-21)18-19-12/h2-5,21H,6-7H2,1H3,(H3,14,15,16,17,18,19). The van der Waals surface area contributed by atoms with Gasteiger partial charge in [-0.2, -0.15) is 10.1 Å². The van der Waals surface area contributed by atoms with Crippen molar-refractivity contribution in [2.24, 2.45) is 0 Å². The van der Waals surface area contributed by atoms with Gasteiger partial charge in [0.15, 0.2) is 5.76 Å². The minimum atomic E-state index is -0.120. The topological polar surface area (TPSA) is 125 Å². The lowest BCUT2D eigenvalue weighted by molar-refractivity contribution is 0.276. The Labute approximate surface area is 125 Å². The molecule has 0 aliphatic rings. The van der Waals surface area contributed by atoms with Crippen molar-refractivity contribution in [3.8, 4) is 0 Å². The summed E-state index contributed by atoms with van der Waals surface area (Å²) in [5.74, 6) is 2.40. The van der Waals surface area contributed by atoms with Crippen molar-refractivity contribution < 1.29 is 9.63 Å². The number of aliphatic hydroxyl groups excluding tert-OH is 1. The van der Waals surface area contributed by atoms with Crippen LogP contribution < -0.4 is 10.6 Å². The van der Waals surface area contributed by atoms with Crippen LogP contribution in [0, 0.1) is 6.92 Å². The Morgan fingerprint density at radius 1 is 1.36 bits per heavy atom. The highest BCUT2D eigenvalue weighted by atomic mass is 16.5. The van der Waals surface area contributed by atoms with Gasteiger partial charge in [0.25, 0.3) is 0 Å². The van der Waals surface area contributed by atoms with Crippen LogP contribution in [-0.2, 0) is 13.2 Å². The van der Waals surface area contributed by atoms with Gasteiger partial charge in [0, 0.05) is 18.3 Å². The summed E-state index contributed by atoms with van der Waals surface area (Å²) >= 11 is 0. The number of anilines is 3. The monoisotopic (exact) mass is 301 g/mol. The Bertz CT molecular complexity index is 752. The van der Waals surface area contributed by atoms with Crippen molar-refractivity contribution >= 4 is 17.6 Å². The van der Waals surface area contributed by atoms with Gasteiger partial charge in [0.1, 0.15) is 11.6 Å². The van der Waals surface area contributed by atoms with Gasteiger partial charge in [-0.15, -0.1) is 0 Å². The molecule has 0 aromatic carbocycles. The highest BCUT2D eigenvalue weighted by molar-refractivity contribution is 5.52. The Balaban J connectivity index is 1.64. The molecule has 114 valence electrons. The van der Waals surface area contributed by atoms with E-state index in [4.69, 9.17) is 9.63 Å². The number of nitrogens with one attached hydrogen (secondary N) is 3. The SMILES string of the molecule is Cc1cc(CNc2nccc(Nc3cc(CO)n[nH]3)n2)on1. The second-order valence-electron chi connectivity index (χ2n) is 4.61. The smallest absolute Gasteiger partial charge is 0.224 e. The Hall–Kier alpha value is -2.94. The number of aromatic amines is 1. The van der Waals surface area contributed by atoms with E-state index in [1.807, 2.05) is 13.0 Å². The zero-order valence-electron chi connectivity index (χ0n) is 11.9. The van der Waals surface area contributed by atoms with Gasteiger partial charge in [0.2, 0.25) is 5.95 Å². The van der Waals surface area contributed by atoms with Crippen LogP contribution >= 0.6 is 0 Å². The lowest BCUT2D eigenvalue weighted by Gasteiger charge is -2.05. The molecule has 0 amide bonds. The molecule has 0 aliphatic heterocycles. The van der Waals surface area contributed by atoms with Gasteiger partial charge in [-0.05, 0) is 13.0 Å². The molecule has 3 heterocycles. The number of aryl methyl sites for hydroxylation is 1. The fourth-order valence-electron chi connectivity index (χ4n) is 1.83. The Morgan fingerprint density at radius 2 is 2.27 bits per heavy atom. The highest BCUT2D eigenvalue weighted by Gasteiger charge is 2.05. The Morgan fingerprint density at radius 3 is 3.00 bits per heavy atom. The molecule has 9 nitrogen and oxygen atoms in total. The largest absolute Gasteiger partial charge is 0.390 e. The summed E-state index contributed by atoms with van der Waals surface area (Å²) in [5, 5.41) is 25.6. The van der Waals surface area contributed by atoms with Crippen LogP contribution in [0.3, 0.4) is 0 Å². The van der Waals surface area contributed by atoms with Crippen LogP contribution in [0.1, 0.15) is 17.1 Å². The minimum Gasteiger partial charge on any atom is -0.390 e. The van der Waals surface area contributed by atoms with E-state index in [1.54, 1.807) is 18.3 Å². The number of hydrogen-bond donors (Lipinski definition) is 4. The first-order valence-electron chi connectivity index (χ1n) is 6.64. The summed E-state index contributed by atoms with van der Waals surface area (Å²) in [7, 11) is 0. The van der Waals surface area contributed by atoms with Crippen LogP contribution in [0.5, 0.6) is 0 Å². The summed E-state index contributed by atoms with van der Waals surface area (Å²) in [6, 6.07) is 5.27.